The molecule has 2 aromatic carbocycles. The SMILES string of the molecule is Cc1cc(C)c(NC(=O)C=Cc2ccc(F)cc2)c(C)c1. The topological polar surface area (TPSA) is 29.1 Å². The van der Waals surface area contributed by atoms with Crippen molar-refractivity contribution in [3.05, 3.63) is 70.5 Å². The Balaban J connectivity index is 2.10. The Labute approximate surface area is 124 Å². The number of hydrogen-bond donors (Lipinski definition) is 1. The average Bonchev–Trinajstić information content (AvgIpc) is 2.42. The van der Waals surface area contributed by atoms with Crippen LogP contribution in [0.3, 0.4) is 0 Å². The molecule has 0 heterocycles. The Bertz CT molecular complexity index is 664. The first-order chi connectivity index (χ1) is 9.95. The zero-order chi connectivity index (χ0) is 15.4. The van der Waals surface area contributed by atoms with Gasteiger partial charge in [-0.15, -0.1) is 0 Å². The maximum absolute atomic E-state index is 12.8. The highest BCUT2D eigenvalue weighted by molar-refractivity contribution is 6.02. The maximum Gasteiger partial charge on any atom is 0.248 e. The van der Waals surface area contributed by atoms with Crippen LogP contribution in [0.1, 0.15) is 22.3 Å². The third-order valence-corrected chi connectivity index (χ3v) is 3.22. The van der Waals surface area contributed by atoms with Gasteiger partial charge in [0.05, 0.1) is 0 Å². The van der Waals surface area contributed by atoms with Crippen molar-refractivity contribution in [1.29, 1.82) is 0 Å². The van der Waals surface area contributed by atoms with E-state index in [1.54, 1.807) is 18.2 Å². The van der Waals surface area contributed by atoms with Crippen LogP contribution in [0.2, 0.25) is 0 Å². The zero-order valence-electron chi connectivity index (χ0n) is 12.4. The number of benzene rings is 2. The molecule has 0 saturated heterocycles. The average molecular weight is 283 g/mol. The summed E-state index contributed by atoms with van der Waals surface area (Å²) in [4.78, 5) is 12.0. The lowest BCUT2D eigenvalue weighted by atomic mass is 10.1. The van der Waals surface area contributed by atoms with Crippen molar-refractivity contribution in [3.8, 4) is 0 Å². The van der Waals surface area contributed by atoms with Gasteiger partial charge in [0, 0.05) is 11.8 Å². The van der Waals surface area contributed by atoms with E-state index in [0.29, 0.717) is 0 Å². The molecule has 0 aliphatic rings. The summed E-state index contributed by atoms with van der Waals surface area (Å²) in [5, 5.41) is 2.89. The zero-order valence-corrected chi connectivity index (χ0v) is 12.4. The number of carbonyl (C=O) groups is 1. The van der Waals surface area contributed by atoms with Crippen molar-refractivity contribution < 1.29 is 9.18 Å². The lowest BCUT2D eigenvalue weighted by molar-refractivity contribution is -0.111. The molecular weight excluding hydrogens is 265 g/mol. The van der Waals surface area contributed by atoms with Gasteiger partial charge in [-0.2, -0.15) is 0 Å². The molecule has 1 N–H and O–H groups in total. The normalized spacial score (nSPS) is 10.9. The molecule has 1 amide bonds. The third kappa shape index (κ3) is 4.02. The lowest BCUT2D eigenvalue weighted by Gasteiger charge is -2.11. The van der Waals surface area contributed by atoms with E-state index in [0.717, 1.165) is 22.4 Å². The van der Waals surface area contributed by atoms with Crippen LogP contribution in [0.25, 0.3) is 6.08 Å². The van der Waals surface area contributed by atoms with Crippen LogP contribution in [0, 0.1) is 26.6 Å². The third-order valence-electron chi connectivity index (χ3n) is 3.22. The summed E-state index contributed by atoms with van der Waals surface area (Å²) in [6.45, 7) is 5.97. The van der Waals surface area contributed by atoms with Crippen LogP contribution < -0.4 is 5.32 Å². The summed E-state index contributed by atoms with van der Waals surface area (Å²) in [6, 6.07) is 10.1. The molecule has 0 unspecified atom stereocenters. The predicted molar refractivity (Wildman–Crippen MR) is 84.7 cm³/mol. The van der Waals surface area contributed by atoms with E-state index in [2.05, 4.69) is 5.32 Å². The summed E-state index contributed by atoms with van der Waals surface area (Å²) in [5.74, 6) is -0.489. The molecule has 3 heteroatoms. The van der Waals surface area contributed by atoms with Crippen molar-refractivity contribution in [2.75, 3.05) is 5.32 Å². The Morgan fingerprint density at radius 1 is 1.05 bits per heavy atom. The molecular formula is C18H18FNO. The monoisotopic (exact) mass is 283 g/mol. The Hall–Kier alpha value is -2.42. The fourth-order valence-electron chi connectivity index (χ4n) is 2.29. The molecule has 0 aromatic heterocycles. The standard InChI is InChI=1S/C18H18FNO/c1-12-10-13(2)18(14(3)11-12)20-17(21)9-6-15-4-7-16(19)8-5-15/h4-11H,1-3H3,(H,20,21). The summed E-state index contributed by atoms with van der Waals surface area (Å²) < 4.78 is 12.8. The fraction of sp³-hybridized carbons (Fsp3) is 0.167. The molecule has 0 atom stereocenters. The predicted octanol–water partition coefficient (Wildman–Crippen LogP) is 4.40. The number of halogens is 1. The van der Waals surface area contributed by atoms with E-state index in [-0.39, 0.29) is 11.7 Å². The Morgan fingerprint density at radius 3 is 2.19 bits per heavy atom. The fourth-order valence-corrected chi connectivity index (χ4v) is 2.29. The van der Waals surface area contributed by atoms with E-state index in [4.69, 9.17) is 0 Å². The van der Waals surface area contributed by atoms with Gasteiger partial charge < -0.3 is 5.32 Å². The largest absolute Gasteiger partial charge is 0.322 e. The molecule has 0 radical (unpaired) electrons. The van der Waals surface area contributed by atoms with Crippen LogP contribution >= 0.6 is 0 Å². The van der Waals surface area contributed by atoms with Crippen LogP contribution in [0.15, 0.2) is 42.5 Å². The van der Waals surface area contributed by atoms with E-state index in [1.807, 2.05) is 32.9 Å². The van der Waals surface area contributed by atoms with Gasteiger partial charge in [0.1, 0.15) is 5.82 Å². The molecule has 2 rings (SSSR count). The molecule has 21 heavy (non-hydrogen) atoms. The van der Waals surface area contributed by atoms with Crippen molar-refractivity contribution in [1.82, 2.24) is 0 Å². The first-order valence-corrected chi connectivity index (χ1v) is 6.78. The smallest absolute Gasteiger partial charge is 0.248 e. The minimum absolute atomic E-state index is 0.200. The van der Waals surface area contributed by atoms with Crippen LogP contribution in [-0.2, 0) is 4.79 Å². The molecule has 2 aromatic rings. The summed E-state index contributed by atoms with van der Waals surface area (Å²) in [7, 11) is 0. The van der Waals surface area contributed by atoms with Gasteiger partial charge in [0.2, 0.25) is 5.91 Å². The van der Waals surface area contributed by atoms with Crippen LogP contribution in [0.5, 0.6) is 0 Å². The molecule has 0 aliphatic carbocycles. The molecule has 0 fully saturated rings. The van der Waals surface area contributed by atoms with Crippen LogP contribution in [-0.4, -0.2) is 5.91 Å². The Kier molecular flexibility index (Phi) is 4.53. The van der Waals surface area contributed by atoms with E-state index >= 15 is 0 Å². The second-order valence-corrected chi connectivity index (χ2v) is 5.15. The summed E-state index contributed by atoms with van der Waals surface area (Å²) in [5.41, 5.74) is 4.87. The van der Waals surface area contributed by atoms with Crippen molar-refractivity contribution in [2.45, 2.75) is 20.8 Å². The van der Waals surface area contributed by atoms with Gasteiger partial charge in [0.15, 0.2) is 0 Å². The number of aryl methyl sites for hydroxylation is 3. The summed E-state index contributed by atoms with van der Waals surface area (Å²) in [6.07, 6.45) is 3.11. The minimum Gasteiger partial charge on any atom is -0.322 e. The van der Waals surface area contributed by atoms with Gasteiger partial charge in [-0.25, -0.2) is 4.39 Å². The van der Waals surface area contributed by atoms with E-state index in [1.165, 1.54) is 23.8 Å². The van der Waals surface area contributed by atoms with Gasteiger partial charge in [-0.1, -0.05) is 29.8 Å². The second-order valence-electron chi connectivity index (χ2n) is 5.15. The number of carbonyl (C=O) groups excluding carboxylic acids is 1. The van der Waals surface area contributed by atoms with Gasteiger partial charge in [-0.05, 0) is 55.7 Å². The lowest BCUT2D eigenvalue weighted by Crippen LogP contribution is -2.10. The Morgan fingerprint density at radius 2 is 1.62 bits per heavy atom. The number of nitrogens with one attached hydrogen (secondary N) is 1. The quantitative estimate of drug-likeness (QED) is 0.831. The number of anilines is 1. The molecule has 108 valence electrons. The van der Waals surface area contributed by atoms with E-state index < -0.39 is 0 Å². The van der Waals surface area contributed by atoms with Crippen LogP contribution in [0.4, 0.5) is 10.1 Å². The van der Waals surface area contributed by atoms with Gasteiger partial charge in [-0.3, -0.25) is 4.79 Å². The molecule has 2 nitrogen and oxygen atoms in total. The first-order valence-electron chi connectivity index (χ1n) is 6.78. The van der Waals surface area contributed by atoms with Crippen molar-refractivity contribution in [3.63, 3.8) is 0 Å². The van der Waals surface area contributed by atoms with Crippen molar-refractivity contribution in [2.24, 2.45) is 0 Å². The number of hydrogen-bond acceptors (Lipinski definition) is 1. The molecule has 0 bridgehead atoms. The highest BCUT2D eigenvalue weighted by Gasteiger charge is 2.06. The molecule has 0 saturated carbocycles. The maximum atomic E-state index is 12.8. The summed E-state index contributed by atoms with van der Waals surface area (Å²) >= 11 is 0. The minimum atomic E-state index is -0.289. The molecule has 0 spiro atoms. The highest BCUT2D eigenvalue weighted by Crippen LogP contribution is 2.21. The highest BCUT2D eigenvalue weighted by atomic mass is 19.1. The van der Waals surface area contributed by atoms with Gasteiger partial charge >= 0.3 is 0 Å². The van der Waals surface area contributed by atoms with Crippen molar-refractivity contribution >= 4 is 17.7 Å². The number of amides is 1. The second kappa shape index (κ2) is 6.35. The first kappa shape index (κ1) is 15.0. The number of rotatable bonds is 3. The van der Waals surface area contributed by atoms with Gasteiger partial charge in [0.25, 0.3) is 0 Å². The molecule has 0 aliphatic heterocycles. The van der Waals surface area contributed by atoms with E-state index in [9.17, 15) is 9.18 Å².